The highest BCUT2D eigenvalue weighted by molar-refractivity contribution is 9.10. The zero-order chi connectivity index (χ0) is 20.3. The van der Waals surface area contributed by atoms with E-state index in [1.807, 2.05) is 42.7 Å². The monoisotopic (exact) mass is 458 g/mol. The average molecular weight is 459 g/mol. The Bertz CT molecular complexity index is 975. The lowest BCUT2D eigenvalue weighted by Crippen LogP contribution is -2.16. The molecule has 0 saturated carbocycles. The van der Waals surface area contributed by atoms with Crippen LogP contribution in [0.5, 0.6) is 0 Å². The van der Waals surface area contributed by atoms with Crippen LogP contribution in [0.3, 0.4) is 0 Å². The van der Waals surface area contributed by atoms with Gasteiger partial charge in [-0.15, -0.1) is 10.2 Å². The summed E-state index contributed by atoms with van der Waals surface area (Å²) < 4.78 is 3.05. The summed E-state index contributed by atoms with van der Waals surface area (Å²) in [4.78, 5) is 12.5. The van der Waals surface area contributed by atoms with E-state index in [0.717, 1.165) is 44.4 Å². The molecule has 0 unspecified atom stereocenters. The Morgan fingerprint density at radius 3 is 2.36 bits per heavy atom. The van der Waals surface area contributed by atoms with Gasteiger partial charge in [0.25, 0.3) is 0 Å². The average Bonchev–Trinajstić information content (AvgIpc) is 3.06. The van der Waals surface area contributed by atoms with Gasteiger partial charge in [-0.1, -0.05) is 57.5 Å². The van der Waals surface area contributed by atoms with Gasteiger partial charge in [-0.2, -0.15) is 0 Å². The predicted octanol–water partition coefficient (Wildman–Crippen LogP) is 5.38. The number of nitrogens with one attached hydrogen (secondary N) is 1. The first-order valence-electron chi connectivity index (χ1n) is 9.08. The van der Waals surface area contributed by atoms with E-state index in [9.17, 15) is 4.79 Å². The fourth-order valence-electron chi connectivity index (χ4n) is 3.01. The van der Waals surface area contributed by atoms with Crippen molar-refractivity contribution >= 4 is 39.3 Å². The number of anilines is 1. The maximum Gasteiger partial charge on any atom is 0.234 e. The summed E-state index contributed by atoms with van der Waals surface area (Å²) in [6.07, 6.45) is 0. The molecule has 2 aromatic carbocycles. The normalized spacial score (nSPS) is 10.9. The van der Waals surface area contributed by atoms with Crippen molar-refractivity contribution in [1.82, 2.24) is 14.8 Å². The smallest absolute Gasteiger partial charge is 0.234 e. The molecule has 28 heavy (non-hydrogen) atoms. The highest BCUT2D eigenvalue weighted by atomic mass is 79.9. The topological polar surface area (TPSA) is 59.8 Å². The number of rotatable bonds is 6. The second-order valence-corrected chi connectivity index (χ2v) is 8.53. The number of aromatic nitrogens is 3. The molecule has 1 N–H and O–H groups in total. The van der Waals surface area contributed by atoms with Crippen molar-refractivity contribution in [1.29, 1.82) is 0 Å². The molecule has 0 saturated heterocycles. The molecule has 1 aromatic heterocycles. The van der Waals surface area contributed by atoms with E-state index in [1.165, 1.54) is 17.3 Å². The van der Waals surface area contributed by atoms with Gasteiger partial charge in [-0.25, -0.2) is 0 Å². The Hall–Kier alpha value is -2.12. The molecule has 0 aliphatic heterocycles. The maximum atomic E-state index is 12.5. The number of nitrogens with zero attached hydrogens (tertiary/aromatic N) is 3. The first-order chi connectivity index (χ1) is 13.4. The van der Waals surface area contributed by atoms with E-state index in [2.05, 4.69) is 57.4 Å². The molecule has 0 spiro atoms. The standard InChI is InChI=1S/C21H23BrN4OS/c1-5-26-20(16-8-6-13(2)7-9-16)24-25-21(26)28-12-18(27)23-19-14(3)10-17(22)11-15(19)4/h6-11H,5,12H2,1-4H3,(H,23,27). The van der Waals surface area contributed by atoms with Gasteiger partial charge in [0.05, 0.1) is 5.75 Å². The quantitative estimate of drug-likeness (QED) is 0.503. The van der Waals surface area contributed by atoms with Gasteiger partial charge in [0.2, 0.25) is 5.91 Å². The molecule has 3 aromatic rings. The molecule has 1 heterocycles. The van der Waals surface area contributed by atoms with Crippen molar-refractivity contribution < 1.29 is 4.79 Å². The largest absolute Gasteiger partial charge is 0.325 e. The molecule has 1 amide bonds. The lowest BCUT2D eigenvalue weighted by Gasteiger charge is -2.12. The Morgan fingerprint density at radius 2 is 1.75 bits per heavy atom. The Morgan fingerprint density at radius 1 is 1.11 bits per heavy atom. The minimum atomic E-state index is -0.0546. The zero-order valence-electron chi connectivity index (χ0n) is 16.4. The van der Waals surface area contributed by atoms with Gasteiger partial charge in [-0.3, -0.25) is 4.79 Å². The number of thioether (sulfide) groups is 1. The van der Waals surface area contributed by atoms with E-state index in [1.54, 1.807) is 0 Å². The summed E-state index contributed by atoms with van der Waals surface area (Å²) in [7, 11) is 0. The molecule has 0 bridgehead atoms. The summed E-state index contributed by atoms with van der Waals surface area (Å²) in [5, 5.41) is 12.4. The predicted molar refractivity (Wildman–Crippen MR) is 119 cm³/mol. The van der Waals surface area contributed by atoms with Gasteiger partial charge in [0.15, 0.2) is 11.0 Å². The zero-order valence-corrected chi connectivity index (χ0v) is 18.8. The SMILES string of the molecule is CCn1c(SCC(=O)Nc2c(C)cc(Br)cc2C)nnc1-c1ccc(C)cc1. The van der Waals surface area contributed by atoms with Crippen LogP contribution in [-0.4, -0.2) is 26.4 Å². The molecule has 7 heteroatoms. The lowest BCUT2D eigenvalue weighted by atomic mass is 10.1. The minimum Gasteiger partial charge on any atom is -0.325 e. The molecule has 146 valence electrons. The second kappa shape index (κ2) is 8.92. The van der Waals surface area contributed by atoms with Crippen molar-refractivity contribution in [3.05, 3.63) is 57.6 Å². The molecule has 0 atom stereocenters. The summed E-state index contributed by atoms with van der Waals surface area (Å²) >= 11 is 4.88. The third kappa shape index (κ3) is 4.64. The molecule has 3 rings (SSSR count). The fraction of sp³-hybridized carbons (Fsp3) is 0.286. The van der Waals surface area contributed by atoms with Crippen LogP contribution in [0.4, 0.5) is 5.69 Å². The fourth-order valence-corrected chi connectivity index (χ4v) is 4.50. The molecule has 0 aliphatic rings. The van der Waals surface area contributed by atoms with Gasteiger partial charge in [-0.05, 0) is 51.0 Å². The van der Waals surface area contributed by atoms with E-state index < -0.39 is 0 Å². The number of benzene rings is 2. The second-order valence-electron chi connectivity index (χ2n) is 6.67. The highest BCUT2D eigenvalue weighted by Gasteiger charge is 2.15. The Labute approximate surface area is 178 Å². The molecular formula is C21H23BrN4OS. The van der Waals surface area contributed by atoms with Crippen molar-refractivity contribution in [2.45, 2.75) is 39.4 Å². The van der Waals surface area contributed by atoms with Crippen LogP contribution in [0.1, 0.15) is 23.6 Å². The maximum absolute atomic E-state index is 12.5. The number of carbonyl (C=O) groups is 1. The molecule has 0 aliphatic carbocycles. The van der Waals surface area contributed by atoms with Crippen LogP contribution in [0.2, 0.25) is 0 Å². The van der Waals surface area contributed by atoms with Crippen LogP contribution in [-0.2, 0) is 11.3 Å². The van der Waals surface area contributed by atoms with Crippen molar-refractivity contribution in [3.8, 4) is 11.4 Å². The molecule has 0 radical (unpaired) electrons. The number of hydrogen-bond acceptors (Lipinski definition) is 4. The van der Waals surface area contributed by atoms with Crippen LogP contribution < -0.4 is 5.32 Å². The summed E-state index contributed by atoms with van der Waals surface area (Å²) in [6, 6.07) is 12.2. The Kier molecular flexibility index (Phi) is 6.57. The minimum absolute atomic E-state index is 0.0546. The van der Waals surface area contributed by atoms with Gasteiger partial charge < -0.3 is 9.88 Å². The van der Waals surface area contributed by atoms with E-state index >= 15 is 0 Å². The number of aryl methyl sites for hydroxylation is 3. The first kappa shape index (κ1) is 20.6. The molecular weight excluding hydrogens is 436 g/mol. The van der Waals surface area contributed by atoms with Crippen LogP contribution in [0.25, 0.3) is 11.4 Å². The van der Waals surface area contributed by atoms with Crippen molar-refractivity contribution in [2.24, 2.45) is 0 Å². The van der Waals surface area contributed by atoms with Gasteiger partial charge in [0, 0.05) is 22.3 Å². The van der Waals surface area contributed by atoms with Gasteiger partial charge >= 0.3 is 0 Å². The lowest BCUT2D eigenvalue weighted by molar-refractivity contribution is -0.113. The van der Waals surface area contributed by atoms with Crippen molar-refractivity contribution in [2.75, 3.05) is 11.1 Å². The number of amides is 1. The molecule has 0 fully saturated rings. The third-order valence-corrected chi connectivity index (χ3v) is 5.86. The third-order valence-electron chi connectivity index (χ3n) is 4.44. The van der Waals surface area contributed by atoms with E-state index in [-0.39, 0.29) is 11.7 Å². The van der Waals surface area contributed by atoms with Crippen LogP contribution >= 0.6 is 27.7 Å². The number of hydrogen-bond donors (Lipinski definition) is 1. The van der Waals surface area contributed by atoms with E-state index in [4.69, 9.17) is 0 Å². The first-order valence-corrected chi connectivity index (χ1v) is 10.9. The van der Waals surface area contributed by atoms with E-state index in [0.29, 0.717) is 0 Å². The number of halogens is 1. The molecule has 5 nitrogen and oxygen atoms in total. The van der Waals surface area contributed by atoms with Crippen LogP contribution in [0.15, 0.2) is 46.0 Å². The highest BCUT2D eigenvalue weighted by Crippen LogP contribution is 2.27. The Balaban J connectivity index is 1.71. The summed E-state index contributed by atoms with van der Waals surface area (Å²) in [6.45, 7) is 8.83. The summed E-state index contributed by atoms with van der Waals surface area (Å²) in [5.41, 5.74) is 5.16. The van der Waals surface area contributed by atoms with Crippen molar-refractivity contribution in [3.63, 3.8) is 0 Å². The van der Waals surface area contributed by atoms with Crippen LogP contribution in [0, 0.1) is 20.8 Å². The number of carbonyl (C=O) groups excluding carboxylic acids is 1. The van der Waals surface area contributed by atoms with Gasteiger partial charge in [0.1, 0.15) is 0 Å². The summed E-state index contributed by atoms with van der Waals surface area (Å²) in [5.74, 6) is 1.05.